The molecule has 0 radical (unpaired) electrons. The van der Waals surface area contributed by atoms with E-state index >= 15 is 0 Å². The molecule has 1 saturated carbocycles. The third-order valence-electron chi connectivity index (χ3n) is 2.11. The number of halogens is 2. The molecule has 1 aromatic rings. The molecule has 1 aliphatic rings. The van der Waals surface area contributed by atoms with E-state index in [0.717, 1.165) is 17.7 Å². The number of nitrogens with zero attached hydrogens (tertiary/aromatic N) is 1. The molecule has 0 bridgehead atoms. The monoisotopic (exact) mass is 243 g/mol. The van der Waals surface area contributed by atoms with E-state index < -0.39 is 0 Å². The molecule has 0 N–H and O–H groups in total. The number of thioether (sulfide) groups is 1. The number of hydrogen-bond acceptors (Lipinski definition) is 2. The van der Waals surface area contributed by atoms with Gasteiger partial charge in [0.1, 0.15) is 4.75 Å². The summed E-state index contributed by atoms with van der Waals surface area (Å²) in [6, 6.07) is 7.63. The van der Waals surface area contributed by atoms with E-state index in [9.17, 15) is 0 Å². The van der Waals surface area contributed by atoms with Crippen LogP contribution in [0, 0.1) is 11.3 Å². The highest BCUT2D eigenvalue weighted by Crippen LogP contribution is 2.52. The smallest absolute Gasteiger partial charge is 0.107 e. The van der Waals surface area contributed by atoms with Crippen molar-refractivity contribution in [2.45, 2.75) is 22.5 Å². The third kappa shape index (κ3) is 2.00. The van der Waals surface area contributed by atoms with Crippen molar-refractivity contribution < 1.29 is 0 Å². The molecular weight excluding hydrogens is 237 g/mol. The molecule has 4 heteroatoms. The standard InChI is InChI=1S/C10H7Cl2NS/c11-7-1-2-8(12)9(5-7)14-10(6-13)3-4-10/h1-2,5H,3-4H2. The van der Waals surface area contributed by atoms with Gasteiger partial charge in [-0.05, 0) is 31.0 Å². The van der Waals surface area contributed by atoms with Crippen molar-refractivity contribution in [1.29, 1.82) is 5.26 Å². The van der Waals surface area contributed by atoms with E-state index in [1.165, 1.54) is 11.8 Å². The summed E-state index contributed by atoms with van der Waals surface area (Å²) in [6.07, 6.45) is 1.88. The molecule has 14 heavy (non-hydrogen) atoms. The minimum Gasteiger partial charge on any atom is -0.197 e. The van der Waals surface area contributed by atoms with Crippen molar-refractivity contribution in [3.8, 4) is 6.07 Å². The second-order valence-electron chi connectivity index (χ2n) is 3.28. The summed E-state index contributed by atoms with van der Waals surface area (Å²) >= 11 is 13.4. The fourth-order valence-electron chi connectivity index (χ4n) is 1.12. The van der Waals surface area contributed by atoms with Gasteiger partial charge in [-0.15, -0.1) is 11.8 Å². The Morgan fingerprint density at radius 1 is 1.36 bits per heavy atom. The Hall–Kier alpha value is -0.360. The lowest BCUT2D eigenvalue weighted by Crippen LogP contribution is -1.96. The summed E-state index contributed by atoms with van der Waals surface area (Å²) < 4.78 is -0.242. The van der Waals surface area contributed by atoms with Crippen LogP contribution >= 0.6 is 35.0 Å². The SMILES string of the molecule is N#CC1(Sc2cc(Cl)ccc2Cl)CC1. The van der Waals surface area contributed by atoms with Crippen molar-refractivity contribution in [2.75, 3.05) is 0 Å². The fraction of sp³-hybridized carbons (Fsp3) is 0.300. The maximum atomic E-state index is 8.93. The summed E-state index contributed by atoms with van der Waals surface area (Å²) in [4.78, 5) is 0.901. The molecule has 0 spiro atoms. The molecule has 1 fully saturated rings. The molecule has 1 aliphatic carbocycles. The first-order chi connectivity index (χ1) is 6.65. The average molecular weight is 244 g/mol. The van der Waals surface area contributed by atoms with Gasteiger partial charge in [-0.25, -0.2) is 0 Å². The molecule has 0 unspecified atom stereocenters. The molecule has 0 aliphatic heterocycles. The van der Waals surface area contributed by atoms with E-state index in [1.54, 1.807) is 12.1 Å². The maximum Gasteiger partial charge on any atom is 0.107 e. The van der Waals surface area contributed by atoms with Crippen molar-refractivity contribution in [3.05, 3.63) is 28.2 Å². The van der Waals surface area contributed by atoms with Crippen LogP contribution in [0.3, 0.4) is 0 Å². The maximum absolute atomic E-state index is 8.93. The normalized spacial score (nSPS) is 17.5. The zero-order chi connectivity index (χ0) is 10.2. The summed E-state index contributed by atoms with van der Waals surface area (Å²) in [5, 5.41) is 10.3. The Labute approximate surface area is 97.0 Å². The Morgan fingerprint density at radius 2 is 2.07 bits per heavy atom. The van der Waals surface area contributed by atoms with Gasteiger partial charge in [0.05, 0.1) is 11.1 Å². The highest BCUT2D eigenvalue weighted by Gasteiger charge is 2.44. The van der Waals surface area contributed by atoms with Crippen molar-refractivity contribution in [2.24, 2.45) is 0 Å². The van der Waals surface area contributed by atoms with E-state index in [2.05, 4.69) is 6.07 Å². The molecule has 0 heterocycles. The molecular formula is C10H7Cl2NS. The first-order valence-corrected chi connectivity index (χ1v) is 5.78. The molecule has 0 aromatic heterocycles. The zero-order valence-electron chi connectivity index (χ0n) is 7.26. The van der Waals surface area contributed by atoms with Crippen LogP contribution in [-0.2, 0) is 0 Å². The number of benzene rings is 1. The van der Waals surface area contributed by atoms with Crippen LogP contribution < -0.4 is 0 Å². The zero-order valence-corrected chi connectivity index (χ0v) is 9.59. The van der Waals surface area contributed by atoms with Crippen molar-refractivity contribution in [3.63, 3.8) is 0 Å². The number of rotatable bonds is 2. The number of nitriles is 1. The summed E-state index contributed by atoms with van der Waals surface area (Å²) in [7, 11) is 0. The first kappa shape index (κ1) is 10.2. The van der Waals surface area contributed by atoms with Gasteiger partial charge in [0, 0.05) is 9.92 Å². The van der Waals surface area contributed by atoms with Gasteiger partial charge in [-0.3, -0.25) is 0 Å². The summed E-state index contributed by atoms with van der Waals surface area (Å²) in [5.74, 6) is 0. The molecule has 2 rings (SSSR count). The molecule has 72 valence electrons. The second-order valence-corrected chi connectivity index (χ2v) is 5.55. The summed E-state index contributed by atoms with van der Waals surface area (Å²) in [5.41, 5.74) is 0. The minimum atomic E-state index is -0.242. The molecule has 0 atom stereocenters. The lowest BCUT2D eigenvalue weighted by Gasteiger charge is -2.07. The lowest BCUT2D eigenvalue weighted by atomic mass is 10.4. The summed E-state index contributed by atoms with van der Waals surface area (Å²) in [6.45, 7) is 0. The largest absolute Gasteiger partial charge is 0.197 e. The van der Waals surface area contributed by atoms with Crippen LogP contribution in [0.1, 0.15) is 12.8 Å². The van der Waals surface area contributed by atoms with E-state index in [1.807, 2.05) is 6.07 Å². The van der Waals surface area contributed by atoms with Gasteiger partial charge in [-0.2, -0.15) is 5.26 Å². The number of hydrogen-bond donors (Lipinski definition) is 0. The van der Waals surface area contributed by atoms with E-state index in [4.69, 9.17) is 28.5 Å². The van der Waals surface area contributed by atoms with Crippen LogP contribution in [0.25, 0.3) is 0 Å². The second kappa shape index (κ2) is 3.66. The topological polar surface area (TPSA) is 23.8 Å². The molecule has 0 amide bonds. The predicted octanol–water partition coefficient (Wildman–Crippen LogP) is 4.14. The van der Waals surface area contributed by atoms with Gasteiger partial charge in [0.25, 0.3) is 0 Å². The van der Waals surface area contributed by atoms with Crippen molar-refractivity contribution >= 4 is 35.0 Å². The molecule has 0 saturated heterocycles. The Kier molecular flexibility index (Phi) is 2.66. The third-order valence-corrected chi connectivity index (χ3v) is 4.23. The average Bonchev–Trinajstić information content (AvgIpc) is 2.92. The van der Waals surface area contributed by atoms with Gasteiger partial charge >= 0.3 is 0 Å². The first-order valence-electron chi connectivity index (χ1n) is 4.20. The predicted molar refractivity (Wildman–Crippen MR) is 59.9 cm³/mol. The Balaban J connectivity index is 2.25. The van der Waals surface area contributed by atoms with E-state index in [-0.39, 0.29) is 4.75 Å². The van der Waals surface area contributed by atoms with Crippen molar-refractivity contribution in [1.82, 2.24) is 0 Å². The van der Waals surface area contributed by atoms with Crippen LogP contribution in [-0.4, -0.2) is 4.75 Å². The lowest BCUT2D eigenvalue weighted by molar-refractivity contribution is 1.19. The highest BCUT2D eigenvalue weighted by atomic mass is 35.5. The van der Waals surface area contributed by atoms with Gasteiger partial charge in [0.15, 0.2) is 0 Å². The van der Waals surface area contributed by atoms with Gasteiger partial charge < -0.3 is 0 Å². The Morgan fingerprint density at radius 3 is 2.64 bits per heavy atom. The quantitative estimate of drug-likeness (QED) is 0.780. The molecule has 1 aromatic carbocycles. The minimum absolute atomic E-state index is 0.242. The van der Waals surface area contributed by atoms with Crippen LogP contribution in [0.2, 0.25) is 10.0 Å². The van der Waals surface area contributed by atoms with Crippen LogP contribution in [0.15, 0.2) is 23.1 Å². The van der Waals surface area contributed by atoms with Crippen LogP contribution in [0.4, 0.5) is 0 Å². The van der Waals surface area contributed by atoms with E-state index in [0.29, 0.717) is 10.0 Å². The van der Waals surface area contributed by atoms with Gasteiger partial charge in [-0.1, -0.05) is 23.2 Å². The van der Waals surface area contributed by atoms with Crippen LogP contribution in [0.5, 0.6) is 0 Å². The Bertz CT molecular complexity index is 407. The highest BCUT2D eigenvalue weighted by molar-refractivity contribution is 8.01. The molecule has 1 nitrogen and oxygen atoms in total. The van der Waals surface area contributed by atoms with Gasteiger partial charge in [0.2, 0.25) is 0 Å². The fourth-order valence-corrected chi connectivity index (χ4v) is 2.71.